The molecule has 1 rings (SSSR count). The molecule has 2 heteroatoms. The van der Waals surface area contributed by atoms with E-state index in [-0.39, 0.29) is 0 Å². The van der Waals surface area contributed by atoms with Crippen molar-refractivity contribution in [2.75, 3.05) is 7.11 Å². The van der Waals surface area contributed by atoms with Crippen molar-refractivity contribution in [2.45, 2.75) is 26.2 Å². The number of benzene rings is 1. The third kappa shape index (κ3) is 2.77. The van der Waals surface area contributed by atoms with Gasteiger partial charge in [-0.05, 0) is 37.0 Å². The second-order valence-electron chi connectivity index (χ2n) is 3.32. The maximum absolute atomic E-state index is 8.41. The second kappa shape index (κ2) is 5.29. The van der Waals surface area contributed by atoms with Crippen LogP contribution in [0, 0.1) is 18.3 Å². The van der Waals surface area contributed by atoms with Crippen molar-refractivity contribution in [1.29, 1.82) is 5.26 Å². The fraction of sp³-hybridized carbons (Fsp3) is 0.417. The number of methoxy groups -OCH3 is 1. The minimum Gasteiger partial charge on any atom is -0.496 e. The summed E-state index contributed by atoms with van der Waals surface area (Å²) < 4.78 is 5.17. The predicted octanol–water partition coefficient (Wildman–Crippen LogP) is 2.85. The normalized spacial score (nSPS) is 9.50. The molecule has 0 aliphatic heterocycles. The monoisotopic (exact) mass is 189 g/mol. The summed E-state index contributed by atoms with van der Waals surface area (Å²) in [5.41, 5.74) is 2.43. The average molecular weight is 189 g/mol. The minimum atomic E-state index is 0.630. The van der Waals surface area contributed by atoms with E-state index < -0.39 is 0 Å². The zero-order valence-corrected chi connectivity index (χ0v) is 8.71. The average Bonchev–Trinajstić information content (AvgIpc) is 2.18. The Morgan fingerprint density at radius 3 is 2.79 bits per heavy atom. The van der Waals surface area contributed by atoms with Gasteiger partial charge in [0.1, 0.15) is 5.75 Å². The maximum atomic E-state index is 8.41. The van der Waals surface area contributed by atoms with Crippen LogP contribution in [0.1, 0.15) is 24.0 Å². The number of ether oxygens (including phenoxy) is 1. The van der Waals surface area contributed by atoms with Gasteiger partial charge in [0.25, 0.3) is 0 Å². The van der Waals surface area contributed by atoms with Crippen LogP contribution in [0.5, 0.6) is 5.75 Å². The van der Waals surface area contributed by atoms with Gasteiger partial charge in [0.15, 0.2) is 0 Å². The maximum Gasteiger partial charge on any atom is 0.121 e. The Hall–Kier alpha value is -1.49. The highest BCUT2D eigenvalue weighted by Gasteiger charge is 1.99. The quantitative estimate of drug-likeness (QED) is 0.682. The summed E-state index contributed by atoms with van der Waals surface area (Å²) in [7, 11) is 1.68. The molecular weight excluding hydrogens is 174 g/mol. The molecule has 0 N–H and O–H groups in total. The third-order valence-electron chi connectivity index (χ3n) is 2.21. The zero-order valence-electron chi connectivity index (χ0n) is 8.71. The van der Waals surface area contributed by atoms with Gasteiger partial charge >= 0.3 is 0 Å². The summed E-state index contributed by atoms with van der Waals surface area (Å²) in [6.45, 7) is 2.03. The van der Waals surface area contributed by atoms with E-state index in [1.165, 1.54) is 5.56 Å². The predicted molar refractivity (Wildman–Crippen MR) is 56.3 cm³/mol. The van der Waals surface area contributed by atoms with Gasteiger partial charge in [0.2, 0.25) is 0 Å². The number of rotatable bonds is 4. The van der Waals surface area contributed by atoms with Crippen molar-refractivity contribution < 1.29 is 4.74 Å². The van der Waals surface area contributed by atoms with Gasteiger partial charge in [-0.15, -0.1) is 0 Å². The van der Waals surface area contributed by atoms with Crippen LogP contribution in [-0.2, 0) is 6.42 Å². The van der Waals surface area contributed by atoms with E-state index in [0.29, 0.717) is 6.42 Å². The molecule has 0 atom stereocenters. The lowest BCUT2D eigenvalue weighted by molar-refractivity contribution is 0.411. The van der Waals surface area contributed by atoms with Crippen LogP contribution in [0.3, 0.4) is 0 Å². The highest BCUT2D eigenvalue weighted by molar-refractivity contribution is 5.36. The molecule has 0 saturated heterocycles. The fourth-order valence-electron chi connectivity index (χ4n) is 1.47. The first-order valence-corrected chi connectivity index (χ1v) is 4.78. The summed E-state index contributed by atoms with van der Waals surface area (Å²) in [6.07, 6.45) is 2.53. The summed E-state index contributed by atoms with van der Waals surface area (Å²) >= 11 is 0. The molecule has 0 fully saturated rings. The zero-order chi connectivity index (χ0) is 10.4. The molecule has 0 aromatic heterocycles. The Kier molecular flexibility index (Phi) is 4.00. The number of nitrogens with zero attached hydrogens (tertiary/aromatic N) is 1. The molecule has 1 aromatic rings. The number of hydrogen-bond donors (Lipinski definition) is 0. The van der Waals surface area contributed by atoms with Crippen molar-refractivity contribution >= 4 is 0 Å². The van der Waals surface area contributed by atoms with Crippen molar-refractivity contribution in [3.8, 4) is 11.8 Å². The van der Waals surface area contributed by atoms with E-state index in [2.05, 4.69) is 18.2 Å². The van der Waals surface area contributed by atoms with Gasteiger partial charge in [0, 0.05) is 6.42 Å². The first kappa shape index (κ1) is 10.6. The number of unbranched alkanes of at least 4 members (excludes halogenated alkanes) is 1. The molecule has 74 valence electrons. The van der Waals surface area contributed by atoms with Crippen molar-refractivity contribution in [2.24, 2.45) is 0 Å². The summed E-state index contributed by atoms with van der Waals surface area (Å²) in [4.78, 5) is 0. The van der Waals surface area contributed by atoms with Crippen LogP contribution < -0.4 is 4.74 Å². The molecular formula is C12H15NO. The molecule has 0 heterocycles. The molecule has 0 aliphatic rings. The van der Waals surface area contributed by atoms with Crippen molar-refractivity contribution in [1.82, 2.24) is 0 Å². The summed E-state index contributed by atoms with van der Waals surface area (Å²) in [5, 5.41) is 8.41. The molecule has 0 saturated carbocycles. The Morgan fingerprint density at radius 2 is 2.21 bits per heavy atom. The molecule has 0 bridgehead atoms. The van der Waals surface area contributed by atoms with Crippen LogP contribution in [0.15, 0.2) is 18.2 Å². The van der Waals surface area contributed by atoms with E-state index in [1.807, 2.05) is 13.0 Å². The van der Waals surface area contributed by atoms with Crippen molar-refractivity contribution in [3.63, 3.8) is 0 Å². The Bertz CT molecular complexity index is 339. The Labute approximate surface area is 85.1 Å². The van der Waals surface area contributed by atoms with E-state index in [1.54, 1.807) is 7.11 Å². The first-order valence-electron chi connectivity index (χ1n) is 4.78. The molecule has 0 radical (unpaired) electrons. The molecule has 0 spiro atoms. The van der Waals surface area contributed by atoms with E-state index in [0.717, 1.165) is 24.2 Å². The Balaban J connectivity index is 2.63. The van der Waals surface area contributed by atoms with E-state index in [4.69, 9.17) is 10.00 Å². The first-order chi connectivity index (χ1) is 6.77. The summed E-state index contributed by atoms with van der Waals surface area (Å²) in [6, 6.07) is 8.31. The molecule has 2 nitrogen and oxygen atoms in total. The standard InChI is InChI=1S/C12H15NO/c1-10-9-11(5-3-4-8-13)6-7-12(10)14-2/h6-7,9H,3-5H2,1-2H3. The molecule has 14 heavy (non-hydrogen) atoms. The van der Waals surface area contributed by atoms with Gasteiger partial charge in [-0.1, -0.05) is 12.1 Å². The van der Waals surface area contributed by atoms with E-state index in [9.17, 15) is 0 Å². The Morgan fingerprint density at radius 1 is 1.43 bits per heavy atom. The highest BCUT2D eigenvalue weighted by Crippen LogP contribution is 2.19. The van der Waals surface area contributed by atoms with Crippen LogP contribution >= 0.6 is 0 Å². The van der Waals surface area contributed by atoms with Gasteiger partial charge in [-0.25, -0.2) is 0 Å². The van der Waals surface area contributed by atoms with Crippen LogP contribution in [-0.4, -0.2) is 7.11 Å². The third-order valence-corrected chi connectivity index (χ3v) is 2.21. The molecule has 1 aromatic carbocycles. The number of nitriles is 1. The minimum absolute atomic E-state index is 0.630. The summed E-state index contributed by atoms with van der Waals surface area (Å²) in [5.74, 6) is 0.925. The molecule has 0 unspecified atom stereocenters. The molecule has 0 aliphatic carbocycles. The lowest BCUT2D eigenvalue weighted by Crippen LogP contribution is -1.90. The van der Waals surface area contributed by atoms with Gasteiger partial charge < -0.3 is 4.74 Å². The number of aryl methyl sites for hydroxylation is 2. The molecule has 0 amide bonds. The van der Waals surface area contributed by atoms with Gasteiger partial charge in [-0.3, -0.25) is 0 Å². The SMILES string of the molecule is COc1ccc(CCCC#N)cc1C. The largest absolute Gasteiger partial charge is 0.496 e. The van der Waals surface area contributed by atoms with Crippen LogP contribution in [0.25, 0.3) is 0 Å². The number of hydrogen-bond acceptors (Lipinski definition) is 2. The lowest BCUT2D eigenvalue weighted by atomic mass is 10.1. The fourth-order valence-corrected chi connectivity index (χ4v) is 1.47. The second-order valence-corrected chi connectivity index (χ2v) is 3.32. The highest BCUT2D eigenvalue weighted by atomic mass is 16.5. The smallest absolute Gasteiger partial charge is 0.121 e. The van der Waals surface area contributed by atoms with Gasteiger partial charge in [-0.2, -0.15) is 5.26 Å². The lowest BCUT2D eigenvalue weighted by Gasteiger charge is -2.06. The van der Waals surface area contributed by atoms with Gasteiger partial charge in [0.05, 0.1) is 13.2 Å². The van der Waals surface area contributed by atoms with Crippen molar-refractivity contribution in [3.05, 3.63) is 29.3 Å². The van der Waals surface area contributed by atoms with Crippen LogP contribution in [0.4, 0.5) is 0 Å². The topological polar surface area (TPSA) is 33.0 Å². The van der Waals surface area contributed by atoms with Crippen LogP contribution in [0.2, 0.25) is 0 Å². The van der Waals surface area contributed by atoms with E-state index >= 15 is 0 Å².